The van der Waals surface area contributed by atoms with Gasteiger partial charge >= 0.3 is 0 Å². The summed E-state index contributed by atoms with van der Waals surface area (Å²) >= 11 is 0. The van der Waals surface area contributed by atoms with Crippen LogP contribution in [0.4, 0.5) is 4.39 Å². The first-order chi connectivity index (χ1) is 7.95. The van der Waals surface area contributed by atoms with Crippen LogP contribution in [0.25, 0.3) is 0 Å². The fourth-order valence-electron chi connectivity index (χ4n) is 1.30. The minimum Gasteiger partial charge on any atom is -0.329 e. The van der Waals surface area contributed by atoms with Gasteiger partial charge in [-0.1, -0.05) is 6.07 Å². The Bertz CT molecular complexity index is 551. The monoisotopic (exact) mass is 257 g/mol. The maximum absolute atomic E-state index is 13.3. The minimum absolute atomic E-state index is 0.101. The smallest absolute Gasteiger partial charge is 0.244 e. The van der Waals surface area contributed by atoms with Crippen molar-refractivity contribution >= 4 is 10.0 Å². The molecule has 0 aliphatic heterocycles. The molecular weight excluding hydrogens is 245 g/mol. The molecule has 0 amide bonds. The number of hydrogen-bond acceptors (Lipinski definition) is 4. The zero-order valence-corrected chi connectivity index (χ0v) is 10.0. The van der Waals surface area contributed by atoms with E-state index in [1.54, 1.807) is 6.07 Å². The molecule has 7 heteroatoms. The van der Waals surface area contributed by atoms with Gasteiger partial charge in [0.25, 0.3) is 0 Å². The molecule has 1 aromatic carbocycles. The predicted octanol–water partition coefficient (Wildman–Crippen LogP) is 0.277. The fraction of sp³-hybridized carbons (Fsp3) is 0.300. The molecule has 0 heterocycles. The number of nitrogens with zero attached hydrogens (tertiary/aromatic N) is 2. The molecule has 0 unspecified atom stereocenters. The van der Waals surface area contributed by atoms with Gasteiger partial charge in [0.2, 0.25) is 10.0 Å². The molecule has 0 radical (unpaired) electrons. The third-order valence-corrected chi connectivity index (χ3v) is 4.12. The lowest BCUT2D eigenvalue weighted by Crippen LogP contribution is -2.32. The average molecular weight is 257 g/mol. The fourth-order valence-corrected chi connectivity index (χ4v) is 2.63. The number of likely N-dealkylation sites (N-methyl/N-ethyl adjacent to an activating group) is 1. The first kappa shape index (κ1) is 13.6. The van der Waals surface area contributed by atoms with Crippen molar-refractivity contribution in [2.45, 2.75) is 4.90 Å². The topological polar surface area (TPSA) is 87.2 Å². The third kappa shape index (κ3) is 2.61. The van der Waals surface area contributed by atoms with Gasteiger partial charge in [0.1, 0.15) is 22.3 Å². The Morgan fingerprint density at radius 2 is 2.18 bits per heavy atom. The van der Waals surface area contributed by atoms with Crippen molar-refractivity contribution < 1.29 is 12.8 Å². The number of nitriles is 1. The van der Waals surface area contributed by atoms with E-state index in [4.69, 9.17) is 11.0 Å². The third-order valence-electron chi connectivity index (χ3n) is 2.22. The van der Waals surface area contributed by atoms with Gasteiger partial charge in [-0.3, -0.25) is 0 Å². The van der Waals surface area contributed by atoms with Gasteiger partial charge in [-0.15, -0.1) is 0 Å². The predicted molar refractivity (Wildman–Crippen MR) is 60.0 cm³/mol. The summed E-state index contributed by atoms with van der Waals surface area (Å²) in [6, 6.07) is 5.04. The van der Waals surface area contributed by atoms with E-state index in [-0.39, 0.29) is 18.0 Å². The van der Waals surface area contributed by atoms with Crippen molar-refractivity contribution in [2.75, 3.05) is 20.1 Å². The second kappa shape index (κ2) is 5.23. The molecule has 0 atom stereocenters. The Morgan fingerprint density at radius 3 is 2.71 bits per heavy atom. The lowest BCUT2D eigenvalue weighted by atomic mass is 10.2. The van der Waals surface area contributed by atoms with Crippen LogP contribution in [-0.4, -0.2) is 32.9 Å². The van der Waals surface area contributed by atoms with Crippen molar-refractivity contribution in [3.05, 3.63) is 29.6 Å². The van der Waals surface area contributed by atoms with E-state index in [0.29, 0.717) is 0 Å². The Labute approximate surface area is 99.3 Å². The van der Waals surface area contributed by atoms with E-state index in [1.807, 2.05) is 0 Å². The van der Waals surface area contributed by atoms with E-state index >= 15 is 0 Å². The molecule has 5 nitrogen and oxygen atoms in total. The van der Waals surface area contributed by atoms with Crippen LogP contribution in [0.5, 0.6) is 0 Å². The molecule has 0 saturated heterocycles. The molecule has 0 aliphatic carbocycles. The first-order valence-electron chi connectivity index (χ1n) is 4.80. The molecule has 2 N–H and O–H groups in total. The van der Waals surface area contributed by atoms with Crippen LogP contribution in [-0.2, 0) is 10.0 Å². The molecule has 17 heavy (non-hydrogen) atoms. The Hall–Kier alpha value is -1.49. The summed E-state index contributed by atoms with van der Waals surface area (Å²) in [6.07, 6.45) is 0. The summed E-state index contributed by atoms with van der Waals surface area (Å²) in [7, 11) is -2.55. The number of sulfonamides is 1. The van der Waals surface area contributed by atoms with Crippen LogP contribution in [0.1, 0.15) is 5.56 Å². The van der Waals surface area contributed by atoms with Gasteiger partial charge < -0.3 is 5.73 Å². The molecule has 0 bridgehead atoms. The van der Waals surface area contributed by atoms with Gasteiger partial charge in [0.05, 0.1) is 0 Å². The highest BCUT2D eigenvalue weighted by Crippen LogP contribution is 2.20. The normalized spacial score (nSPS) is 11.5. The van der Waals surface area contributed by atoms with Crippen LogP contribution < -0.4 is 5.73 Å². The average Bonchev–Trinajstić information content (AvgIpc) is 2.29. The highest BCUT2D eigenvalue weighted by atomic mass is 32.2. The number of hydrogen-bond donors (Lipinski definition) is 1. The Kier molecular flexibility index (Phi) is 4.17. The van der Waals surface area contributed by atoms with E-state index in [9.17, 15) is 12.8 Å². The van der Waals surface area contributed by atoms with Gasteiger partial charge in [-0.2, -0.15) is 9.57 Å². The summed E-state index contributed by atoms with van der Waals surface area (Å²) < 4.78 is 38.3. The zero-order chi connectivity index (χ0) is 13.1. The van der Waals surface area contributed by atoms with E-state index in [1.165, 1.54) is 19.2 Å². The first-order valence-corrected chi connectivity index (χ1v) is 6.24. The number of rotatable bonds is 4. The van der Waals surface area contributed by atoms with Crippen LogP contribution in [0.3, 0.4) is 0 Å². The van der Waals surface area contributed by atoms with Crippen LogP contribution in [0.2, 0.25) is 0 Å². The van der Waals surface area contributed by atoms with Crippen molar-refractivity contribution in [3.63, 3.8) is 0 Å². The summed E-state index contributed by atoms with van der Waals surface area (Å²) in [5.74, 6) is -0.852. The molecule has 1 aromatic rings. The zero-order valence-electron chi connectivity index (χ0n) is 9.22. The summed E-state index contributed by atoms with van der Waals surface area (Å²) in [4.78, 5) is -0.337. The standard InChI is InChI=1S/C10H12FN3O2S/c1-14(6-5-12)17(15,16)10-4-2-3-9(11)8(10)7-13/h2-4H,5-6,12H2,1H3. The van der Waals surface area contributed by atoms with Crippen LogP contribution in [0.15, 0.2) is 23.1 Å². The molecule has 0 aromatic heterocycles. The lowest BCUT2D eigenvalue weighted by Gasteiger charge is -2.16. The summed E-state index contributed by atoms with van der Waals surface area (Å²) in [5, 5.41) is 8.78. The number of benzene rings is 1. The van der Waals surface area contributed by atoms with Gasteiger partial charge in [-0.05, 0) is 12.1 Å². The molecule has 92 valence electrons. The van der Waals surface area contributed by atoms with E-state index in [0.717, 1.165) is 10.4 Å². The van der Waals surface area contributed by atoms with Crippen molar-refractivity contribution in [1.29, 1.82) is 5.26 Å². The molecule has 0 aliphatic rings. The van der Waals surface area contributed by atoms with Gasteiger partial charge in [0.15, 0.2) is 0 Å². The second-order valence-electron chi connectivity index (χ2n) is 3.34. The van der Waals surface area contributed by atoms with Crippen molar-refractivity contribution in [3.8, 4) is 6.07 Å². The molecule has 1 rings (SSSR count). The lowest BCUT2D eigenvalue weighted by molar-refractivity contribution is 0.475. The van der Waals surface area contributed by atoms with E-state index in [2.05, 4.69) is 0 Å². The maximum atomic E-state index is 13.3. The Balaban J connectivity index is 3.35. The second-order valence-corrected chi connectivity index (χ2v) is 5.35. The van der Waals surface area contributed by atoms with Gasteiger partial charge in [-0.25, -0.2) is 12.8 Å². The molecule has 0 spiro atoms. The van der Waals surface area contributed by atoms with Gasteiger partial charge in [0, 0.05) is 20.1 Å². The molecule has 0 fully saturated rings. The highest BCUT2D eigenvalue weighted by molar-refractivity contribution is 7.89. The summed E-state index contributed by atoms with van der Waals surface area (Å²) in [5.41, 5.74) is 4.78. The number of halogens is 1. The molecular formula is C10H12FN3O2S. The quantitative estimate of drug-likeness (QED) is 0.839. The summed E-state index contributed by atoms with van der Waals surface area (Å²) in [6.45, 7) is 0.247. The Morgan fingerprint density at radius 1 is 1.53 bits per heavy atom. The molecule has 0 saturated carbocycles. The van der Waals surface area contributed by atoms with Crippen molar-refractivity contribution in [2.24, 2.45) is 5.73 Å². The maximum Gasteiger partial charge on any atom is 0.244 e. The minimum atomic E-state index is -3.88. The largest absolute Gasteiger partial charge is 0.329 e. The SMILES string of the molecule is CN(CCN)S(=O)(=O)c1cccc(F)c1C#N. The van der Waals surface area contributed by atoms with Crippen LogP contribution in [0, 0.1) is 17.1 Å². The van der Waals surface area contributed by atoms with E-state index < -0.39 is 21.4 Å². The highest BCUT2D eigenvalue weighted by Gasteiger charge is 2.25. The van der Waals surface area contributed by atoms with Crippen LogP contribution >= 0.6 is 0 Å². The number of nitrogens with two attached hydrogens (primary N) is 1. The van der Waals surface area contributed by atoms with Crippen molar-refractivity contribution in [1.82, 2.24) is 4.31 Å².